The molecule has 194 valence electrons. The number of hydrogen-bond donors (Lipinski definition) is 3. The molecule has 0 saturated heterocycles. The van der Waals surface area contributed by atoms with Gasteiger partial charge in [0.2, 0.25) is 0 Å². The first-order valence-electron chi connectivity index (χ1n) is 12.5. The second kappa shape index (κ2) is 8.15. The normalized spacial score (nSPS) is 40.2. The van der Waals surface area contributed by atoms with E-state index in [1.165, 1.54) is 11.9 Å². The first-order valence-corrected chi connectivity index (χ1v) is 12.9. The Hall–Kier alpha value is -2.19. The number of aliphatic hydroxyl groups is 3. The highest BCUT2D eigenvalue weighted by atomic mass is 35.5. The monoisotopic (exact) mass is 515 g/mol. The van der Waals surface area contributed by atoms with Crippen LogP contribution in [0.25, 0.3) is 0 Å². The summed E-state index contributed by atoms with van der Waals surface area (Å²) in [5.74, 6) is -0.696. The van der Waals surface area contributed by atoms with Crippen LogP contribution >= 0.6 is 11.6 Å². The first kappa shape index (κ1) is 25.5. The van der Waals surface area contributed by atoms with Crippen LogP contribution in [-0.4, -0.2) is 58.7 Å². The number of ketones is 1. The summed E-state index contributed by atoms with van der Waals surface area (Å²) < 4.78 is 5.88. The Labute approximate surface area is 216 Å². The molecule has 1 aromatic carbocycles. The van der Waals surface area contributed by atoms with Crippen LogP contribution in [-0.2, 0) is 9.53 Å². The predicted octanol–water partition coefficient (Wildman–Crippen LogP) is 3.75. The predicted molar refractivity (Wildman–Crippen MR) is 135 cm³/mol. The average molecular weight is 516 g/mol. The number of anilines is 1. The fourth-order valence-corrected chi connectivity index (χ4v) is 7.67. The molecule has 8 heteroatoms. The molecule has 1 amide bonds. The molecule has 2 unspecified atom stereocenters. The fourth-order valence-electron chi connectivity index (χ4n) is 7.54. The number of hydrogen-bond acceptors (Lipinski definition) is 6. The standard InChI is InChI=1S/C28H34ClNO6/c1-14-12-27-15(2)10-20-21(26(20,3)4)19(23(27)33)11-16(13-31)22(32)28(27,35)24(14)36-25(34)30(5)18-8-6-17(29)7-9-18/h6-9,11-12,15,19-22,24,31-32,35H,10,13H2,1-5H3/t15?,19-,20+,21-,22+,24-,27?,28-/m0/s1. The summed E-state index contributed by atoms with van der Waals surface area (Å²) in [6.07, 6.45) is 0.467. The zero-order valence-electron chi connectivity index (χ0n) is 21.2. The Morgan fingerprint density at radius 3 is 2.50 bits per heavy atom. The zero-order valence-corrected chi connectivity index (χ0v) is 22.0. The molecule has 5 rings (SSSR count). The van der Waals surface area contributed by atoms with E-state index in [-0.39, 0.29) is 34.5 Å². The van der Waals surface area contributed by atoms with E-state index in [0.29, 0.717) is 22.7 Å². The molecule has 4 aliphatic carbocycles. The van der Waals surface area contributed by atoms with Gasteiger partial charge in [0.1, 0.15) is 6.10 Å². The number of rotatable bonds is 3. The van der Waals surface area contributed by atoms with Crippen LogP contribution in [0.4, 0.5) is 10.5 Å². The number of nitrogens with zero attached hydrogens (tertiary/aromatic N) is 1. The summed E-state index contributed by atoms with van der Waals surface area (Å²) in [6, 6.07) is 6.63. The maximum absolute atomic E-state index is 14.4. The summed E-state index contributed by atoms with van der Waals surface area (Å²) in [4.78, 5) is 28.9. The molecular weight excluding hydrogens is 482 g/mol. The largest absolute Gasteiger partial charge is 0.438 e. The summed E-state index contributed by atoms with van der Waals surface area (Å²) in [7, 11) is 1.53. The van der Waals surface area contributed by atoms with Crippen LogP contribution < -0.4 is 4.90 Å². The van der Waals surface area contributed by atoms with Gasteiger partial charge in [-0.15, -0.1) is 0 Å². The lowest BCUT2D eigenvalue weighted by Crippen LogP contribution is -2.66. The van der Waals surface area contributed by atoms with Gasteiger partial charge in [-0.25, -0.2) is 4.79 Å². The molecule has 1 spiro atoms. The second-order valence-electron chi connectivity index (χ2n) is 11.7. The van der Waals surface area contributed by atoms with Crippen molar-refractivity contribution in [2.75, 3.05) is 18.6 Å². The molecule has 2 fully saturated rings. The molecule has 0 aromatic heterocycles. The van der Waals surface area contributed by atoms with Gasteiger partial charge in [0, 0.05) is 23.7 Å². The molecular formula is C28H34ClNO6. The van der Waals surface area contributed by atoms with Crippen molar-refractivity contribution >= 4 is 29.2 Å². The fraction of sp³-hybridized carbons (Fsp3) is 0.571. The maximum atomic E-state index is 14.4. The van der Waals surface area contributed by atoms with Crippen molar-refractivity contribution in [3.8, 4) is 0 Å². The number of allylic oxidation sites excluding steroid dienone is 1. The van der Waals surface area contributed by atoms with Crippen molar-refractivity contribution in [2.45, 2.75) is 51.9 Å². The summed E-state index contributed by atoms with van der Waals surface area (Å²) in [5.41, 5.74) is -2.45. The number of aliphatic hydroxyl groups excluding tert-OH is 2. The molecule has 1 aromatic rings. The van der Waals surface area contributed by atoms with Crippen molar-refractivity contribution < 1.29 is 29.6 Å². The highest BCUT2D eigenvalue weighted by Gasteiger charge is 2.76. The van der Waals surface area contributed by atoms with E-state index < -0.39 is 41.8 Å². The van der Waals surface area contributed by atoms with Gasteiger partial charge in [0.25, 0.3) is 0 Å². The van der Waals surface area contributed by atoms with E-state index in [0.717, 1.165) is 0 Å². The number of amides is 1. The van der Waals surface area contributed by atoms with E-state index in [1.807, 2.05) is 6.92 Å². The van der Waals surface area contributed by atoms with Crippen LogP contribution in [0.15, 0.2) is 47.6 Å². The third-order valence-electron chi connectivity index (χ3n) is 9.60. The van der Waals surface area contributed by atoms with Gasteiger partial charge in [-0.1, -0.05) is 44.5 Å². The van der Waals surface area contributed by atoms with Gasteiger partial charge in [0.05, 0.1) is 12.0 Å². The first-order chi connectivity index (χ1) is 16.8. The van der Waals surface area contributed by atoms with Crippen molar-refractivity contribution in [1.29, 1.82) is 0 Å². The van der Waals surface area contributed by atoms with Crippen molar-refractivity contribution in [3.63, 3.8) is 0 Å². The molecule has 0 heterocycles. The van der Waals surface area contributed by atoms with Crippen LogP contribution in [0.5, 0.6) is 0 Å². The lowest BCUT2D eigenvalue weighted by molar-refractivity contribution is -0.189. The van der Waals surface area contributed by atoms with Crippen molar-refractivity contribution in [3.05, 3.63) is 52.6 Å². The highest BCUT2D eigenvalue weighted by molar-refractivity contribution is 6.30. The Morgan fingerprint density at radius 2 is 1.89 bits per heavy atom. The Bertz CT molecular complexity index is 1170. The summed E-state index contributed by atoms with van der Waals surface area (Å²) in [6.45, 7) is 7.42. The van der Waals surface area contributed by atoms with Crippen molar-refractivity contribution in [1.82, 2.24) is 0 Å². The lowest BCUT2D eigenvalue weighted by Gasteiger charge is -2.48. The third-order valence-corrected chi connectivity index (χ3v) is 9.86. The van der Waals surface area contributed by atoms with Gasteiger partial charge < -0.3 is 20.1 Å². The van der Waals surface area contributed by atoms with Crippen LogP contribution in [0, 0.1) is 34.5 Å². The number of fused-ring (bicyclic) bond motifs is 3. The molecule has 3 N–H and O–H groups in total. The Kier molecular flexibility index (Phi) is 5.77. The van der Waals surface area contributed by atoms with Gasteiger partial charge in [0.15, 0.2) is 17.5 Å². The molecule has 36 heavy (non-hydrogen) atoms. The minimum absolute atomic E-state index is 0.0504. The lowest BCUT2D eigenvalue weighted by atomic mass is 9.59. The minimum Gasteiger partial charge on any atom is -0.438 e. The molecule has 8 atom stereocenters. The number of carbonyl (C=O) groups is 2. The summed E-state index contributed by atoms with van der Waals surface area (Å²) >= 11 is 5.97. The summed E-state index contributed by atoms with van der Waals surface area (Å²) in [5, 5.41) is 34.7. The van der Waals surface area contributed by atoms with Gasteiger partial charge in [-0.05, 0) is 71.9 Å². The molecule has 7 nitrogen and oxygen atoms in total. The number of halogens is 1. The highest BCUT2D eigenvalue weighted by Crippen LogP contribution is 2.71. The minimum atomic E-state index is -2.16. The molecule has 0 radical (unpaired) electrons. The maximum Gasteiger partial charge on any atom is 0.414 e. The molecule has 2 saturated carbocycles. The van der Waals surface area contributed by atoms with Crippen molar-refractivity contribution in [2.24, 2.45) is 34.5 Å². The van der Waals surface area contributed by atoms with E-state index in [4.69, 9.17) is 16.3 Å². The molecule has 2 bridgehead atoms. The van der Waals surface area contributed by atoms with E-state index >= 15 is 0 Å². The second-order valence-corrected chi connectivity index (χ2v) is 12.1. The van der Waals surface area contributed by atoms with Gasteiger partial charge >= 0.3 is 6.09 Å². The number of ether oxygens (including phenoxy) is 1. The number of benzene rings is 1. The Morgan fingerprint density at radius 1 is 1.25 bits per heavy atom. The van der Waals surface area contributed by atoms with E-state index in [9.17, 15) is 24.9 Å². The van der Waals surface area contributed by atoms with Crippen LogP contribution in [0.1, 0.15) is 34.1 Å². The Balaban J connectivity index is 1.58. The van der Waals surface area contributed by atoms with Gasteiger partial charge in [-0.3, -0.25) is 9.69 Å². The number of carbonyl (C=O) groups excluding carboxylic acids is 2. The third kappa shape index (κ3) is 3.16. The van der Waals surface area contributed by atoms with Crippen LogP contribution in [0.2, 0.25) is 5.02 Å². The average Bonchev–Trinajstić information content (AvgIpc) is 3.32. The quantitative estimate of drug-likeness (QED) is 0.529. The van der Waals surface area contributed by atoms with Crippen LogP contribution in [0.3, 0.4) is 0 Å². The van der Waals surface area contributed by atoms with E-state index in [2.05, 4.69) is 13.8 Å². The topological polar surface area (TPSA) is 107 Å². The van der Waals surface area contributed by atoms with Gasteiger partial charge in [-0.2, -0.15) is 0 Å². The van der Waals surface area contributed by atoms with E-state index in [1.54, 1.807) is 43.3 Å². The zero-order chi connectivity index (χ0) is 26.4. The SMILES string of the molecule is CC1=CC23C(=O)[C@@H](C=C(CO)[C@@H](O)[C@]2(O)[C@H]1OC(=O)N(C)c1ccc(Cl)cc1)[C@H]1[C@@H](CC3C)C1(C)C. The number of Topliss-reactive ketones (excluding diaryl/α,β-unsaturated/α-hetero) is 1. The molecule has 0 aliphatic heterocycles. The molecule has 4 aliphatic rings. The smallest absolute Gasteiger partial charge is 0.414 e.